The van der Waals surface area contributed by atoms with E-state index in [0.717, 1.165) is 84.4 Å². The molecule has 0 aliphatic carbocycles. The first-order chi connectivity index (χ1) is 17.2. The van der Waals surface area contributed by atoms with Gasteiger partial charge in [0.25, 0.3) is 0 Å². The normalized spacial score (nSPS) is 14.8. The van der Waals surface area contributed by atoms with Gasteiger partial charge in [-0.3, -0.25) is 0 Å². The molecular formula is C27H36ClN7O. The van der Waals surface area contributed by atoms with Crippen LogP contribution >= 0.6 is 12.4 Å². The van der Waals surface area contributed by atoms with E-state index in [2.05, 4.69) is 45.2 Å². The van der Waals surface area contributed by atoms with E-state index >= 15 is 0 Å². The monoisotopic (exact) mass is 509 g/mol. The van der Waals surface area contributed by atoms with Crippen LogP contribution in [0.25, 0.3) is 33.1 Å². The number of nitrogen functional groups attached to an aromatic ring is 1. The van der Waals surface area contributed by atoms with Gasteiger partial charge >= 0.3 is 0 Å². The highest BCUT2D eigenvalue weighted by Crippen LogP contribution is 2.33. The standard InChI is InChI=1S/C27H35N7O.ClH/c1-2-35-23-7-6-20-16-22(5-4-21(20)17-23)25-24-26(29)30-18-31-27(24)34(32-25)15-10-19-8-13-33(14-9-19)12-3-11-28;/h4-7,16-19H,2-3,8-15,28H2,1H3,(H2,29,30,31);1H. The Morgan fingerprint density at radius 1 is 1.03 bits per heavy atom. The number of fused-ring (bicyclic) bond motifs is 2. The second kappa shape index (κ2) is 11.9. The van der Waals surface area contributed by atoms with Gasteiger partial charge in [0.05, 0.1) is 12.0 Å². The van der Waals surface area contributed by atoms with E-state index < -0.39 is 0 Å². The van der Waals surface area contributed by atoms with Gasteiger partial charge in [-0.2, -0.15) is 5.10 Å². The molecule has 2 aromatic heterocycles. The van der Waals surface area contributed by atoms with Gasteiger partial charge in [-0.25, -0.2) is 14.6 Å². The predicted octanol–water partition coefficient (Wildman–Crippen LogP) is 4.50. The van der Waals surface area contributed by atoms with Crippen molar-refractivity contribution in [2.75, 3.05) is 38.5 Å². The fourth-order valence-corrected chi connectivity index (χ4v) is 5.13. The van der Waals surface area contributed by atoms with Crippen LogP contribution in [0, 0.1) is 5.92 Å². The largest absolute Gasteiger partial charge is 0.494 e. The van der Waals surface area contributed by atoms with Crippen LogP contribution < -0.4 is 16.2 Å². The van der Waals surface area contributed by atoms with Crippen LogP contribution in [-0.2, 0) is 6.54 Å². The lowest BCUT2D eigenvalue weighted by atomic mass is 9.93. The number of nitrogens with two attached hydrogens (primary N) is 2. The van der Waals surface area contributed by atoms with Gasteiger partial charge < -0.3 is 21.1 Å². The van der Waals surface area contributed by atoms with Crippen LogP contribution in [0.4, 0.5) is 5.82 Å². The summed E-state index contributed by atoms with van der Waals surface area (Å²) in [6.07, 6.45) is 6.15. The number of benzene rings is 2. The lowest BCUT2D eigenvalue weighted by Gasteiger charge is -2.31. The number of nitrogens with zero attached hydrogens (tertiary/aromatic N) is 5. The van der Waals surface area contributed by atoms with Gasteiger partial charge in [-0.15, -0.1) is 12.4 Å². The van der Waals surface area contributed by atoms with Gasteiger partial charge in [-0.1, -0.05) is 18.2 Å². The summed E-state index contributed by atoms with van der Waals surface area (Å²) >= 11 is 0. The van der Waals surface area contributed by atoms with Gasteiger partial charge in [0.2, 0.25) is 0 Å². The van der Waals surface area contributed by atoms with Gasteiger partial charge in [-0.05, 0) is 93.7 Å². The second-order valence-corrected chi connectivity index (χ2v) is 9.40. The lowest BCUT2D eigenvalue weighted by molar-refractivity contribution is 0.174. The number of ether oxygens (including phenoxy) is 1. The van der Waals surface area contributed by atoms with Gasteiger partial charge in [0.1, 0.15) is 23.6 Å². The number of likely N-dealkylation sites (tertiary alicyclic amines) is 1. The predicted molar refractivity (Wildman–Crippen MR) is 149 cm³/mol. The number of aromatic nitrogens is 4. The van der Waals surface area contributed by atoms with Crippen LogP contribution in [-0.4, -0.2) is 57.4 Å². The van der Waals surface area contributed by atoms with Crippen molar-refractivity contribution in [2.24, 2.45) is 11.7 Å². The molecule has 0 atom stereocenters. The zero-order valence-electron chi connectivity index (χ0n) is 20.9. The summed E-state index contributed by atoms with van der Waals surface area (Å²) in [6.45, 7) is 7.68. The molecule has 9 heteroatoms. The average Bonchev–Trinajstić information content (AvgIpc) is 3.27. The molecule has 0 unspecified atom stereocenters. The van der Waals surface area contributed by atoms with Crippen LogP contribution in [0.3, 0.4) is 0 Å². The minimum Gasteiger partial charge on any atom is -0.494 e. The van der Waals surface area contributed by atoms with Crippen molar-refractivity contribution in [2.45, 2.75) is 39.2 Å². The summed E-state index contributed by atoms with van der Waals surface area (Å²) in [5.74, 6) is 2.05. The van der Waals surface area contributed by atoms with Crippen LogP contribution in [0.1, 0.15) is 32.6 Å². The Kier molecular flexibility index (Phi) is 8.61. The number of rotatable bonds is 9. The molecule has 8 nitrogen and oxygen atoms in total. The van der Waals surface area contributed by atoms with E-state index in [1.165, 1.54) is 19.2 Å². The van der Waals surface area contributed by atoms with E-state index in [-0.39, 0.29) is 12.4 Å². The first kappa shape index (κ1) is 26.1. The third-order valence-corrected chi connectivity index (χ3v) is 7.09. The lowest BCUT2D eigenvalue weighted by Crippen LogP contribution is -2.35. The van der Waals surface area contributed by atoms with Crippen molar-refractivity contribution >= 4 is 40.0 Å². The van der Waals surface area contributed by atoms with Crippen LogP contribution in [0.5, 0.6) is 5.75 Å². The molecule has 192 valence electrons. The number of hydrogen-bond acceptors (Lipinski definition) is 7. The molecule has 4 aromatic rings. The first-order valence-corrected chi connectivity index (χ1v) is 12.7. The van der Waals surface area contributed by atoms with Gasteiger partial charge in [0, 0.05) is 12.1 Å². The molecule has 0 amide bonds. The van der Waals surface area contributed by atoms with Crippen molar-refractivity contribution in [3.05, 3.63) is 42.7 Å². The molecule has 0 saturated carbocycles. The number of anilines is 1. The Bertz CT molecular complexity index is 1300. The average molecular weight is 510 g/mol. The maximum absolute atomic E-state index is 6.33. The summed E-state index contributed by atoms with van der Waals surface area (Å²) in [5.41, 5.74) is 14.7. The quantitative estimate of drug-likeness (QED) is 0.342. The highest BCUT2D eigenvalue weighted by atomic mass is 35.5. The topological polar surface area (TPSA) is 108 Å². The minimum atomic E-state index is 0. The van der Waals surface area contributed by atoms with Crippen LogP contribution in [0.2, 0.25) is 0 Å². The Hall–Kier alpha value is -2.94. The molecule has 5 rings (SSSR count). The van der Waals surface area contributed by atoms with Crippen molar-refractivity contribution < 1.29 is 4.74 Å². The Labute approximate surface area is 218 Å². The molecule has 36 heavy (non-hydrogen) atoms. The van der Waals surface area contributed by atoms with Gasteiger partial charge in [0.15, 0.2) is 5.65 Å². The van der Waals surface area contributed by atoms with E-state index in [1.807, 2.05) is 17.7 Å². The highest BCUT2D eigenvalue weighted by molar-refractivity contribution is 6.00. The maximum atomic E-state index is 6.33. The first-order valence-electron chi connectivity index (χ1n) is 12.7. The summed E-state index contributed by atoms with van der Waals surface area (Å²) in [4.78, 5) is 11.4. The Morgan fingerprint density at radius 3 is 2.58 bits per heavy atom. The van der Waals surface area contributed by atoms with E-state index in [0.29, 0.717) is 18.3 Å². The third-order valence-electron chi connectivity index (χ3n) is 7.09. The molecule has 1 fully saturated rings. The van der Waals surface area contributed by atoms with E-state index in [1.54, 1.807) is 0 Å². The molecule has 1 saturated heterocycles. The number of aryl methyl sites for hydroxylation is 1. The van der Waals surface area contributed by atoms with Crippen molar-refractivity contribution in [3.63, 3.8) is 0 Å². The number of halogens is 1. The van der Waals surface area contributed by atoms with Crippen LogP contribution in [0.15, 0.2) is 42.7 Å². The molecule has 0 bridgehead atoms. The van der Waals surface area contributed by atoms with E-state index in [4.69, 9.17) is 21.3 Å². The Morgan fingerprint density at radius 2 is 1.81 bits per heavy atom. The molecule has 0 spiro atoms. The molecule has 1 aliphatic rings. The zero-order valence-corrected chi connectivity index (χ0v) is 21.7. The zero-order chi connectivity index (χ0) is 24.2. The fourth-order valence-electron chi connectivity index (χ4n) is 5.13. The number of hydrogen-bond donors (Lipinski definition) is 2. The van der Waals surface area contributed by atoms with Crippen molar-refractivity contribution in [3.8, 4) is 17.0 Å². The molecule has 2 aromatic carbocycles. The fraction of sp³-hybridized carbons (Fsp3) is 0.444. The summed E-state index contributed by atoms with van der Waals surface area (Å²) < 4.78 is 7.67. The molecular weight excluding hydrogens is 474 g/mol. The summed E-state index contributed by atoms with van der Waals surface area (Å²) in [5, 5.41) is 8.09. The molecule has 1 aliphatic heterocycles. The second-order valence-electron chi connectivity index (χ2n) is 9.40. The highest BCUT2D eigenvalue weighted by Gasteiger charge is 2.21. The van der Waals surface area contributed by atoms with Crippen molar-refractivity contribution in [1.29, 1.82) is 0 Å². The minimum absolute atomic E-state index is 0. The summed E-state index contributed by atoms with van der Waals surface area (Å²) in [7, 11) is 0. The van der Waals surface area contributed by atoms with E-state index in [9.17, 15) is 0 Å². The maximum Gasteiger partial charge on any atom is 0.163 e. The molecule has 0 radical (unpaired) electrons. The molecule has 4 N–H and O–H groups in total. The van der Waals surface area contributed by atoms with Crippen molar-refractivity contribution in [1.82, 2.24) is 24.6 Å². The number of piperidine rings is 1. The molecule has 3 heterocycles. The Balaban J connectivity index is 0.00000304. The SMILES string of the molecule is CCOc1ccc2cc(-c3nn(CCC4CCN(CCCN)CC4)c4ncnc(N)c34)ccc2c1.Cl. The summed E-state index contributed by atoms with van der Waals surface area (Å²) in [6, 6.07) is 12.5. The third kappa shape index (κ3) is 5.56. The smallest absolute Gasteiger partial charge is 0.163 e.